The number of rotatable bonds is 1. The number of aliphatic hydroxyl groups is 3. The van der Waals surface area contributed by atoms with Crippen molar-refractivity contribution in [2.45, 2.75) is 64.1 Å². The summed E-state index contributed by atoms with van der Waals surface area (Å²) in [6.07, 6.45) is 6.66. The molecule has 0 aromatic heterocycles. The van der Waals surface area contributed by atoms with Crippen LogP contribution in [0.2, 0.25) is 0 Å². The van der Waals surface area contributed by atoms with Crippen molar-refractivity contribution in [1.29, 1.82) is 0 Å². The maximum absolute atomic E-state index is 11.9. The second-order valence-corrected chi connectivity index (χ2v) is 8.66. The minimum Gasteiger partial charge on any atom is -0.395 e. The average Bonchev–Trinajstić information content (AvgIpc) is 2.84. The molecule has 23 heavy (non-hydrogen) atoms. The van der Waals surface area contributed by atoms with E-state index < -0.39 is 11.5 Å². The van der Waals surface area contributed by atoms with Crippen LogP contribution in [0.5, 0.6) is 0 Å². The molecule has 4 heteroatoms. The van der Waals surface area contributed by atoms with Crippen LogP contribution >= 0.6 is 0 Å². The second kappa shape index (κ2) is 5.14. The van der Waals surface area contributed by atoms with Gasteiger partial charge in [-0.1, -0.05) is 12.5 Å². The molecule has 0 aliphatic heterocycles. The molecule has 4 aliphatic rings. The molecule has 128 valence electrons. The van der Waals surface area contributed by atoms with E-state index in [2.05, 4.69) is 6.92 Å². The molecule has 0 aromatic carbocycles. The van der Waals surface area contributed by atoms with Crippen LogP contribution in [0.25, 0.3) is 0 Å². The molecule has 2 unspecified atom stereocenters. The molecular formula is C19H28O4. The molecule has 0 amide bonds. The molecule has 4 nitrogen and oxygen atoms in total. The lowest BCUT2D eigenvalue weighted by Crippen LogP contribution is -2.55. The number of hydrogen-bond acceptors (Lipinski definition) is 4. The predicted octanol–water partition coefficient (Wildman–Crippen LogP) is 1.82. The summed E-state index contributed by atoms with van der Waals surface area (Å²) in [6, 6.07) is 0. The fraction of sp³-hybridized carbons (Fsp3) is 0.842. The van der Waals surface area contributed by atoms with Gasteiger partial charge in [-0.3, -0.25) is 4.79 Å². The summed E-state index contributed by atoms with van der Waals surface area (Å²) in [7, 11) is 0. The molecule has 0 aromatic rings. The standard InChI is InChI=1S/C19H28O4/c1-18-7-6-14-12(13(18)4-5-17(18)23)3-2-11-8-15(21)16(22)9-19(11,14)10-20/h8,12-14,16-17,20,22-23H,2-7,9-10H2,1H3/t12-,13-,14-,16?,17?,18-,19+/m0/s1. The van der Waals surface area contributed by atoms with Gasteiger partial charge in [-0.05, 0) is 74.2 Å². The highest BCUT2D eigenvalue weighted by Gasteiger charge is 2.60. The monoisotopic (exact) mass is 320 g/mol. The summed E-state index contributed by atoms with van der Waals surface area (Å²) < 4.78 is 0. The van der Waals surface area contributed by atoms with Crippen molar-refractivity contribution < 1.29 is 20.1 Å². The SMILES string of the molecule is C[C@]12CC[C@H]3[C@@H](CCC4=CC(=O)C(O)C[C@@]43CO)[C@@H]1CCC2O. The molecule has 0 saturated heterocycles. The Bertz CT molecular complexity index is 556. The van der Waals surface area contributed by atoms with Crippen molar-refractivity contribution in [2.24, 2.45) is 28.6 Å². The predicted molar refractivity (Wildman–Crippen MR) is 85.5 cm³/mol. The van der Waals surface area contributed by atoms with Gasteiger partial charge in [0, 0.05) is 5.41 Å². The summed E-state index contributed by atoms with van der Waals surface area (Å²) in [5.41, 5.74) is 0.673. The van der Waals surface area contributed by atoms with Gasteiger partial charge in [0.15, 0.2) is 5.78 Å². The van der Waals surface area contributed by atoms with Crippen molar-refractivity contribution in [3.63, 3.8) is 0 Å². The molecule has 0 radical (unpaired) electrons. The first-order valence-corrected chi connectivity index (χ1v) is 9.14. The highest BCUT2D eigenvalue weighted by molar-refractivity contribution is 5.95. The highest BCUT2D eigenvalue weighted by atomic mass is 16.3. The minimum atomic E-state index is -0.966. The Morgan fingerprint density at radius 1 is 1.17 bits per heavy atom. The van der Waals surface area contributed by atoms with Gasteiger partial charge in [-0.2, -0.15) is 0 Å². The van der Waals surface area contributed by atoms with E-state index in [1.54, 1.807) is 6.08 Å². The first kappa shape index (κ1) is 15.8. The molecule has 0 bridgehead atoms. The van der Waals surface area contributed by atoms with Crippen molar-refractivity contribution in [3.05, 3.63) is 11.6 Å². The van der Waals surface area contributed by atoms with Crippen molar-refractivity contribution in [2.75, 3.05) is 6.61 Å². The van der Waals surface area contributed by atoms with Gasteiger partial charge in [0.2, 0.25) is 0 Å². The Balaban J connectivity index is 1.72. The molecule has 0 spiro atoms. The lowest BCUT2D eigenvalue weighted by molar-refractivity contribution is -0.132. The van der Waals surface area contributed by atoms with Crippen LogP contribution in [0.4, 0.5) is 0 Å². The molecule has 4 rings (SSSR count). The van der Waals surface area contributed by atoms with Crippen LogP contribution in [-0.2, 0) is 4.79 Å². The van der Waals surface area contributed by atoms with E-state index in [4.69, 9.17) is 0 Å². The largest absolute Gasteiger partial charge is 0.395 e. The van der Waals surface area contributed by atoms with Crippen LogP contribution < -0.4 is 0 Å². The number of hydrogen-bond donors (Lipinski definition) is 3. The second-order valence-electron chi connectivity index (χ2n) is 8.66. The van der Waals surface area contributed by atoms with E-state index in [-0.39, 0.29) is 23.9 Å². The maximum Gasteiger partial charge on any atom is 0.184 e. The molecule has 3 saturated carbocycles. The van der Waals surface area contributed by atoms with Gasteiger partial charge in [-0.25, -0.2) is 0 Å². The van der Waals surface area contributed by atoms with E-state index in [0.29, 0.717) is 24.2 Å². The number of fused-ring (bicyclic) bond motifs is 5. The fourth-order valence-electron chi connectivity index (χ4n) is 6.65. The number of carbonyl (C=O) groups excluding carboxylic acids is 1. The molecule has 7 atom stereocenters. The van der Waals surface area contributed by atoms with Crippen LogP contribution in [0, 0.1) is 28.6 Å². The average molecular weight is 320 g/mol. The van der Waals surface area contributed by atoms with E-state index in [1.807, 2.05) is 0 Å². The first-order valence-electron chi connectivity index (χ1n) is 9.14. The normalized spacial score (nSPS) is 52.4. The third kappa shape index (κ3) is 1.98. The number of aliphatic hydroxyl groups excluding tert-OH is 3. The Morgan fingerprint density at radius 3 is 2.70 bits per heavy atom. The Kier molecular flexibility index (Phi) is 3.53. The zero-order chi connectivity index (χ0) is 16.4. The van der Waals surface area contributed by atoms with Crippen LogP contribution in [0.15, 0.2) is 11.6 Å². The van der Waals surface area contributed by atoms with Crippen molar-refractivity contribution in [1.82, 2.24) is 0 Å². The van der Waals surface area contributed by atoms with Gasteiger partial charge >= 0.3 is 0 Å². The van der Waals surface area contributed by atoms with Gasteiger partial charge in [0.1, 0.15) is 6.10 Å². The van der Waals surface area contributed by atoms with E-state index in [9.17, 15) is 20.1 Å². The summed E-state index contributed by atoms with van der Waals surface area (Å²) in [5, 5.41) is 30.9. The van der Waals surface area contributed by atoms with Gasteiger partial charge in [0.05, 0.1) is 12.7 Å². The quantitative estimate of drug-likeness (QED) is 0.689. The topological polar surface area (TPSA) is 77.8 Å². The minimum absolute atomic E-state index is 0.0160. The lowest BCUT2D eigenvalue weighted by atomic mass is 9.47. The van der Waals surface area contributed by atoms with E-state index in [0.717, 1.165) is 44.1 Å². The van der Waals surface area contributed by atoms with Crippen molar-refractivity contribution in [3.8, 4) is 0 Å². The molecule has 4 aliphatic carbocycles. The highest BCUT2D eigenvalue weighted by Crippen LogP contribution is 2.65. The van der Waals surface area contributed by atoms with Crippen molar-refractivity contribution >= 4 is 5.78 Å². The molecular weight excluding hydrogens is 292 g/mol. The first-order chi connectivity index (χ1) is 10.9. The summed E-state index contributed by atoms with van der Waals surface area (Å²) in [5.74, 6) is 1.14. The number of carbonyl (C=O) groups is 1. The lowest BCUT2D eigenvalue weighted by Gasteiger charge is -2.58. The van der Waals surface area contributed by atoms with Gasteiger partial charge in [-0.15, -0.1) is 0 Å². The Labute approximate surface area is 137 Å². The van der Waals surface area contributed by atoms with Crippen LogP contribution in [0.3, 0.4) is 0 Å². The maximum atomic E-state index is 11.9. The van der Waals surface area contributed by atoms with Crippen LogP contribution in [0.1, 0.15) is 51.9 Å². The molecule has 3 N–H and O–H groups in total. The number of ketones is 1. The van der Waals surface area contributed by atoms with E-state index >= 15 is 0 Å². The third-order valence-corrected chi connectivity index (χ3v) is 7.97. The zero-order valence-electron chi connectivity index (χ0n) is 13.9. The van der Waals surface area contributed by atoms with Gasteiger partial charge < -0.3 is 15.3 Å². The van der Waals surface area contributed by atoms with Gasteiger partial charge in [0.25, 0.3) is 0 Å². The Hall–Kier alpha value is -0.710. The smallest absolute Gasteiger partial charge is 0.184 e. The Morgan fingerprint density at radius 2 is 1.96 bits per heavy atom. The third-order valence-electron chi connectivity index (χ3n) is 7.97. The molecule has 0 heterocycles. The zero-order valence-corrected chi connectivity index (χ0v) is 13.9. The van der Waals surface area contributed by atoms with Crippen LogP contribution in [-0.4, -0.2) is 39.9 Å². The summed E-state index contributed by atoms with van der Waals surface area (Å²) >= 11 is 0. The summed E-state index contributed by atoms with van der Waals surface area (Å²) in [4.78, 5) is 11.9. The summed E-state index contributed by atoms with van der Waals surface area (Å²) in [6.45, 7) is 2.26. The van der Waals surface area contributed by atoms with E-state index in [1.165, 1.54) is 0 Å². The fourth-order valence-corrected chi connectivity index (χ4v) is 6.65. The molecule has 3 fully saturated rings.